The quantitative estimate of drug-likeness (QED) is 0.357. The van der Waals surface area contributed by atoms with Crippen molar-refractivity contribution >= 4 is 29.3 Å². The van der Waals surface area contributed by atoms with E-state index in [4.69, 9.17) is 14.9 Å². The number of aliphatic hydroxyl groups excluding tert-OH is 1. The molecule has 0 saturated heterocycles. The van der Waals surface area contributed by atoms with Crippen molar-refractivity contribution in [2.24, 2.45) is 0 Å². The number of carboxylic acid groups (broad SMARTS) is 1. The molecule has 2 amide bonds. The van der Waals surface area contributed by atoms with E-state index in [-0.39, 0.29) is 31.2 Å². The highest BCUT2D eigenvalue weighted by atomic mass is 32.1. The summed E-state index contributed by atoms with van der Waals surface area (Å²) >= 11 is 1.16. The van der Waals surface area contributed by atoms with Gasteiger partial charge in [-0.25, -0.2) is 14.6 Å². The molecule has 4 N–H and O–H groups in total. The summed E-state index contributed by atoms with van der Waals surface area (Å²) in [5.74, 6) is -1.96. The summed E-state index contributed by atoms with van der Waals surface area (Å²) < 4.78 is 5.55. The van der Waals surface area contributed by atoms with Gasteiger partial charge >= 0.3 is 12.1 Å². The summed E-state index contributed by atoms with van der Waals surface area (Å²) in [6.07, 6.45) is -0.716. The zero-order valence-corrected chi connectivity index (χ0v) is 19.7. The Kier molecular flexibility index (Phi) is 7.42. The minimum Gasteiger partial charge on any atom is -0.480 e. The molecule has 1 aliphatic rings. The Labute approximate surface area is 205 Å². The molecule has 10 heteroatoms. The topological polar surface area (TPSA) is 138 Å². The first-order valence-corrected chi connectivity index (χ1v) is 12.0. The lowest BCUT2D eigenvalue weighted by Gasteiger charge is -2.16. The lowest BCUT2D eigenvalue weighted by Crippen LogP contribution is -2.41. The number of fused-ring (bicyclic) bond motifs is 3. The van der Waals surface area contributed by atoms with Crippen LogP contribution in [0.2, 0.25) is 0 Å². The average Bonchev–Trinajstić information content (AvgIpc) is 3.46. The zero-order chi connectivity index (χ0) is 24.9. The van der Waals surface area contributed by atoms with Crippen LogP contribution in [0.15, 0.2) is 53.9 Å². The van der Waals surface area contributed by atoms with E-state index in [9.17, 15) is 14.4 Å². The predicted octanol–water partition coefficient (Wildman–Crippen LogP) is 3.31. The summed E-state index contributed by atoms with van der Waals surface area (Å²) in [5.41, 5.74) is 4.55. The third kappa shape index (κ3) is 5.33. The Morgan fingerprint density at radius 1 is 1.06 bits per heavy atom. The molecule has 0 saturated carbocycles. The van der Waals surface area contributed by atoms with E-state index < -0.39 is 30.1 Å². The monoisotopic (exact) mass is 495 g/mol. The molecule has 2 atom stereocenters. The Morgan fingerprint density at radius 3 is 2.29 bits per heavy atom. The van der Waals surface area contributed by atoms with Crippen molar-refractivity contribution in [1.82, 2.24) is 15.6 Å². The largest absolute Gasteiger partial charge is 0.480 e. The lowest BCUT2D eigenvalue weighted by molar-refractivity contribution is -0.139. The van der Waals surface area contributed by atoms with Crippen LogP contribution in [0.25, 0.3) is 11.1 Å². The fraction of sp³-hybridized carbons (Fsp3) is 0.280. The van der Waals surface area contributed by atoms with Gasteiger partial charge in [-0.05, 0) is 29.2 Å². The molecule has 1 aromatic heterocycles. The van der Waals surface area contributed by atoms with E-state index in [0.29, 0.717) is 5.01 Å². The molecule has 0 spiro atoms. The number of carboxylic acids is 1. The van der Waals surface area contributed by atoms with Gasteiger partial charge in [-0.2, -0.15) is 0 Å². The molecule has 1 aliphatic carbocycles. The van der Waals surface area contributed by atoms with Crippen LogP contribution >= 0.6 is 11.3 Å². The zero-order valence-electron chi connectivity index (χ0n) is 18.9. The van der Waals surface area contributed by atoms with Gasteiger partial charge in [-0.15, -0.1) is 11.3 Å². The van der Waals surface area contributed by atoms with Crippen molar-refractivity contribution in [3.63, 3.8) is 0 Å². The van der Waals surface area contributed by atoms with Gasteiger partial charge in [0.2, 0.25) is 0 Å². The molecule has 35 heavy (non-hydrogen) atoms. The number of benzene rings is 2. The van der Waals surface area contributed by atoms with Gasteiger partial charge in [0.1, 0.15) is 23.4 Å². The first kappa shape index (κ1) is 24.4. The number of thiazole rings is 1. The molecular formula is C25H25N3O6S. The van der Waals surface area contributed by atoms with Crippen LogP contribution in [0.5, 0.6) is 0 Å². The molecule has 4 rings (SSSR count). The molecule has 0 radical (unpaired) electrons. The van der Waals surface area contributed by atoms with E-state index >= 15 is 0 Å². The Bertz CT molecular complexity index is 1200. The van der Waals surface area contributed by atoms with Crippen LogP contribution in [0.4, 0.5) is 4.79 Å². The number of nitrogens with one attached hydrogen (secondary N) is 2. The van der Waals surface area contributed by atoms with Gasteiger partial charge in [0, 0.05) is 24.3 Å². The van der Waals surface area contributed by atoms with Gasteiger partial charge in [-0.1, -0.05) is 48.5 Å². The fourth-order valence-electron chi connectivity index (χ4n) is 4.09. The number of ether oxygens (including phenoxy) is 1. The van der Waals surface area contributed by atoms with Crippen LogP contribution < -0.4 is 10.6 Å². The fourth-order valence-corrected chi connectivity index (χ4v) is 4.89. The van der Waals surface area contributed by atoms with Crippen molar-refractivity contribution in [3.05, 3.63) is 75.7 Å². The third-order valence-electron chi connectivity index (χ3n) is 5.82. The van der Waals surface area contributed by atoms with Gasteiger partial charge in [0.25, 0.3) is 5.91 Å². The third-order valence-corrected chi connectivity index (χ3v) is 6.85. The van der Waals surface area contributed by atoms with Crippen LogP contribution in [-0.4, -0.2) is 52.4 Å². The number of amides is 2. The SMILES string of the molecule is CC(NC(=O)OCC1c2ccccc2-c2ccccc21)c1nc(C(=O)N[C@@H](CCO)C(=O)O)cs1. The highest BCUT2D eigenvalue weighted by Crippen LogP contribution is 2.44. The number of aliphatic carboxylic acids is 1. The van der Waals surface area contributed by atoms with Crippen molar-refractivity contribution in [2.75, 3.05) is 13.2 Å². The number of nitrogens with zero attached hydrogens (tertiary/aromatic N) is 1. The first-order valence-electron chi connectivity index (χ1n) is 11.1. The maximum atomic E-state index is 12.5. The average molecular weight is 496 g/mol. The van der Waals surface area contributed by atoms with E-state index in [0.717, 1.165) is 33.6 Å². The molecular weight excluding hydrogens is 470 g/mol. The molecule has 3 aromatic rings. The normalized spacial score (nSPS) is 13.9. The summed E-state index contributed by atoms with van der Waals surface area (Å²) in [7, 11) is 0. The van der Waals surface area contributed by atoms with Crippen molar-refractivity contribution in [3.8, 4) is 11.1 Å². The number of carbonyl (C=O) groups excluding carboxylic acids is 2. The molecule has 1 heterocycles. The maximum absolute atomic E-state index is 12.5. The molecule has 0 bridgehead atoms. The van der Waals surface area contributed by atoms with E-state index in [2.05, 4.69) is 27.8 Å². The predicted molar refractivity (Wildman–Crippen MR) is 129 cm³/mol. The summed E-state index contributed by atoms with van der Waals surface area (Å²) in [6, 6.07) is 14.4. The first-order chi connectivity index (χ1) is 16.9. The number of rotatable bonds is 9. The van der Waals surface area contributed by atoms with Crippen molar-refractivity contribution in [1.29, 1.82) is 0 Å². The molecule has 1 unspecified atom stereocenters. The van der Waals surface area contributed by atoms with Crippen LogP contribution in [0.1, 0.15) is 51.9 Å². The van der Waals surface area contributed by atoms with Gasteiger partial charge in [0.15, 0.2) is 0 Å². The minimum absolute atomic E-state index is 0.0374. The standard InChI is InChI=1S/C25H25N3O6S/c1-14(23-28-21(13-35-23)22(30)27-20(10-11-29)24(31)32)26-25(33)34-12-19-17-8-4-2-6-15(17)16-7-3-5-9-18(16)19/h2-9,13-14,19-20,29H,10-12H2,1H3,(H,26,33)(H,27,30)(H,31,32)/t14?,20-/m0/s1. The number of hydrogen-bond donors (Lipinski definition) is 4. The van der Waals surface area contributed by atoms with E-state index in [1.54, 1.807) is 6.92 Å². The Morgan fingerprint density at radius 2 is 1.69 bits per heavy atom. The number of carbonyl (C=O) groups is 3. The lowest BCUT2D eigenvalue weighted by atomic mass is 9.98. The van der Waals surface area contributed by atoms with Crippen molar-refractivity contribution in [2.45, 2.75) is 31.3 Å². The Hall–Kier alpha value is -3.76. The second-order valence-electron chi connectivity index (χ2n) is 8.14. The molecule has 2 aromatic carbocycles. The second-order valence-corrected chi connectivity index (χ2v) is 9.03. The maximum Gasteiger partial charge on any atom is 0.407 e. The summed E-state index contributed by atoms with van der Waals surface area (Å²) in [6.45, 7) is 1.52. The molecule has 0 fully saturated rings. The number of aromatic nitrogens is 1. The van der Waals surface area contributed by atoms with Gasteiger partial charge < -0.3 is 25.6 Å². The summed E-state index contributed by atoms with van der Waals surface area (Å²) in [5, 5.41) is 25.1. The minimum atomic E-state index is -1.24. The van der Waals surface area contributed by atoms with Crippen LogP contribution in [-0.2, 0) is 9.53 Å². The van der Waals surface area contributed by atoms with Gasteiger partial charge in [-0.3, -0.25) is 4.79 Å². The van der Waals surface area contributed by atoms with E-state index in [1.807, 2.05) is 36.4 Å². The molecule has 0 aliphatic heterocycles. The highest BCUT2D eigenvalue weighted by molar-refractivity contribution is 7.09. The number of alkyl carbamates (subject to hydrolysis) is 1. The van der Waals surface area contributed by atoms with Crippen molar-refractivity contribution < 1.29 is 29.3 Å². The van der Waals surface area contributed by atoms with Crippen LogP contribution in [0, 0.1) is 0 Å². The smallest absolute Gasteiger partial charge is 0.407 e. The summed E-state index contributed by atoms with van der Waals surface area (Å²) in [4.78, 5) is 40.2. The molecule has 9 nitrogen and oxygen atoms in total. The van der Waals surface area contributed by atoms with Crippen LogP contribution in [0.3, 0.4) is 0 Å². The van der Waals surface area contributed by atoms with E-state index in [1.165, 1.54) is 5.38 Å². The Balaban J connectivity index is 1.35. The number of aliphatic hydroxyl groups is 1. The second kappa shape index (κ2) is 10.7. The molecule has 182 valence electrons. The highest BCUT2D eigenvalue weighted by Gasteiger charge is 2.29. The number of hydrogen-bond acceptors (Lipinski definition) is 7. The van der Waals surface area contributed by atoms with Gasteiger partial charge in [0.05, 0.1) is 6.04 Å².